The summed E-state index contributed by atoms with van der Waals surface area (Å²) in [6.45, 7) is 10.2. The molecule has 1 aliphatic rings. The third kappa shape index (κ3) is 3.16. The Hall–Kier alpha value is -1.47. The van der Waals surface area contributed by atoms with Gasteiger partial charge >= 0.3 is 0 Å². The SMILES string of the molecule is Cc1noc(C(C)N2CCN(C(=O)C(C)(C)N)CC2)n1. The number of carbonyl (C=O) groups is 1. The van der Waals surface area contributed by atoms with Crippen LogP contribution in [0.5, 0.6) is 0 Å². The Bertz CT molecular complexity index is 471. The van der Waals surface area contributed by atoms with E-state index in [9.17, 15) is 4.79 Å². The van der Waals surface area contributed by atoms with Crippen LogP contribution in [0.15, 0.2) is 4.52 Å². The Morgan fingerprint density at radius 1 is 1.35 bits per heavy atom. The van der Waals surface area contributed by atoms with Gasteiger partial charge in [0, 0.05) is 26.2 Å². The van der Waals surface area contributed by atoms with Crippen molar-refractivity contribution >= 4 is 5.91 Å². The zero-order chi connectivity index (χ0) is 14.9. The zero-order valence-corrected chi connectivity index (χ0v) is 12.6. The average Bonchev–Trinajstić information content (AvgIpc) is 2.83. The van der Waals surface area contributed by atoms with E-state index in [2.05, 4.69) is 15.0 Å². The predicted molar refractivity (Wildman–Crippen MR) is 73.9 cm³/mol. The molecular weight excluding hydrogens is 258 g/mol. The minimum Gasteiger partial charge on any atom is -0.339 e. The number of hydrogen-bond donors (Lipinski definition) is 1. The van der Waals surface area contributed by atoms with Crippen LogP contribution < -0.4 is 5.73 Å². The first-order valence-corrected chi connectivity index (χ1v) is 6.91. The summed E-state index contributed by atoms with van der Waals surface area (Å²) in [7, 11) is 0. The molecule has 1 aromatic heterocycles. The lowest BCUT2D eigenvalue weighted by molar-refractivity contribution is -0.137. The molecule has 0 saturated carbocycles. The second-order valence-electron chi connectivity index (χ2n) is 5.91. The highest BCUT2D eigenvalue weighted by molar-refractivity contribution is 5.85. The molecule has 0 aromatic carbocycles. The lowest BCUT2D eigenvalue weighted by Crippen LogP contribution is -2.57. The van der Waals surface area contributed by atoms with Crippen molar-refractivity contribution in [1.82, 2.24) is 19.9 Å². The quantitative estimate of drug-likeness (QED) is 0.858. The van der Waals surface area contributed by atoms with Gasteiger partial charge in [0.2, 0.25) is 11.8 Å². The molecule has 1 aromatic rings. The van der Waals surface area contributed by atoms with Gasteiger partial charge in [0.1, 0.15) is 0 Å². The van der Waals surface area contributed by atoms with Crippen molar-refractivity contribution in [2.24, 2.45) is 5.73 Å². The summed E-state index contributed by atoms with van der Waals surface area (Å²) in [5.74, 6) is 1.27. The number of aryl methyl sites for hydroxylation is 1. The van der Waals surface area contributed by atoms with Gasteiger partial charge in [-0.3, -0.25) is 9.69 Å². The van der Waals surface area contributed by atoms with Crippen LogP contribution in [-0.2, 0) is 4.79 Å². The molecular formula is C13H23N5O2. The maximum absolute atomic E-state index is 12.1. The van der Waals surface area contributed by atoms with Crippen LogP contribution in [0.1, 0.15) is 38.5 Å². The summed E-state index contributed by atoms with van der Waals surface area (Å²) in [5.41, 5.74) is 5.05. The minimum absolute atomic E-state index is 0.00145. The molecule has 2 rings (SSSR count). The lowest BCUT2D eigenvalue weighted by Gasteiger charge is -2.39. The molecule has 1 aliphatic heterocycles. The molecule has 1 amide bonds. The van der Waals surface area contributed by atoms with Crippen LogP contribution in [0.3, 0.4) is 0 Å². The van der Waals surface area contributed by atoms with Crippen molar-refractivity contribution in [2.45, 2.75) is 39.3 Å². The molecule has 1 saturated heterocycles. The van der Waals surface area contributed by atoms with Crippen LogP contribution in [0.25, 0.3) is 0 Å². The van der Waals surface area contributed by atoms with E-state index < -0.39 is 5.54 Å². The van der Waals surface area contributed by atoms with E-state index in [1.165, 1.54) is 0 Å². The summed E-state index contributed by atoms with van der Waals surface area (Å²) in [6.07, 6.45) is 0. The topological polar surface area (TPSA) is 88.5 Å². The third-order valence-electron chi connectivity index (χ3n) is 3.60. The van der Waals surface area contributed by atoms with Crippen LogP contribution in [0.4, 0.5) is 0 Å². The first-order valence-electron chi connectivity index (χ1n) is 6.91. The monoisotopic (exact) mass is 281 g/mol. The predicted octanol–water partition coefficient (Wildman–Crippen LogP) is 0.321. The number of rotatable bonds is 3. The molecule has 7 nitrogen and oxygen atoms in total. The number of hydrogen-bond acceptors (Lipinski definition) is 6. The number of nitrogens with two attached hydrogens (primary N) is 1. The lowest BCUT2D eigenvalue weighted by atomic mass is 10.0. The molecule has 0 aliphatic carbocycles. The second-order valence-corrected chi connectivity index (χ2v) is 5.91. The van der Waals surface area contributed by atoms with Crippen molar-refractivity contribution in [3.63, 3.8) is 0 Å². The van der Waals surface area contributed by atoms with Crippen molar-refractivity contribution in [3.8, 4) is 0 Å². The zero-order valence-electron chi connectivity index (χ0n) is 12.6. The standard InChI is InChI=1S/C13H23N5O2/c1-9(11-15-10(2)16-20-11)17-5-7-18(8-6-17)12(19)13(3,4)14/h9H,5-8,14H2,1-4H3. The Labute approximate surface area is 119 Å². The van der Waals surface area contributed by atoms with E-state index in [-0.39, 0.29) is 11.9 Å². The summed E-state index contributed by atoms with van der Waals surface area (Å²) in [4.78, 5) is 20.4. The Balaban J connectivity index is 1.93. The molecule has 1 atom stereocenters. The average molecular weight is 281 g/mol. The maximum atomic E-state index is 12.1. The maximum Gasteiger partial charge on any atom is 0.243 e. The Morgan fingerprint density at radius 2 is 1.95 bits per heavy atom. The normalized spacial score (nSPS) is 19.1. The summed E-state index contributed by atoms with van der Waals surface area (Å²) in [5, 5.41) is 3.81. The molecule has 0 spiro atoms. The molecule has 0 bridgehead atoms. The fraction of sp³-hybridized carbons (Fsp3) is 0.769. The Morgan fingerprint density at radius 3 is 2.40 bits per heavy atom. The number of piperazine rings is 1. The summed E-state index contributed by atoms with van der Waals surface area (Å²) >= 11 is 0. The van der Waals surface area contributed by atoms with E-state index in [0.29, 0.717) is 24.8 Å². The molecule has 112 valence electrons. The van der Waals surface area contributed by atoms with Crippen LogP contribution >= 0.6 is 0 Å². The summed E-state index contributed by atoms with van der Waals surface area (Å²) in [6, 6.07) is 0.0688. The van der Waals surface area contributed by atoms with Gasteiger partial charge < -0.3 is 15.2 Å². The van der Waals surface area contributed by atoms with E-state index >= 15 is 0 Å². The van der Waals surface area contributed by atoms with Crippen molar-refractivity contribution in [3.05, 3.63) is 11.7 Å². The van der Waals surface area contributed by atoms with Gasteiger partial charge in [0.05, 0.1) is 11.6 Å². The van der Waals surface area contributed by atoms with E-state index in [4.69, 9.17) is 10.3 Å². The fourth-order valence-corrected chi connectivity index (χ4v) is 2.36. The van der Waals surface area contributed by atoms with Gasteiger partial charge in [-0.05, 0) is 27.7 Å². The van der Waals surface area contributed by atoms with Gasteiger partial charge in [-0.2, -0.15) is 4.98 Å². The first kappa shape index (κ1) is 14.9. The van der Waals surface area contributed by atoms with Gasteiger partial charge in [0.15, 0.2) is 5.82 Å². The highest BCUT2D eigenvalue weighted by Crippen LogP contribution is 2.20. The smallest absolute Gasteiger partial charge is 0.243 e. The second kappa shape index (κ2) is 5.49. The highest BCUT2D eigenvalue weighted by atomic mass is 16.5. The third-order valence-corrected chi connectivity index (χ3v) is 3.60. The fourth-order valence-electron chi connectivity index (χ4n) is 2.36. The van der Waals surface area contributed by atoms with E-state index in [1.54, 1.807) is 20.8 Å². The van der Waals surface area contributed by atoms with Gasteiger partial charge in [-0.15, -0.1) is 0 Å². The largest absolute Gasteiger partial charge is 0.339 e. The molecule has 2 N–H and O–H groups in total. The first-order chi connectivity index (χ1) is 9.29. The van der Waals surface area contributed by atoms with Crippen LogP contribution in [0, 0.1) is 6.92 Å². The molecule has 1 fully saturated rings. The molecule has 7 heteroatoms. The van der Waals surface area contributed by atoms with Gasteiger partial charge in [0.25, 0.3) is 0 Å². The Kier molecular flexibility index (Phi) is 4.10. The molecule has 20 heavy (non-hydrogen) atoms. The number of amides is 1. The molecule has 0 radical (unpaired) electrons. The van der Waals surface area contributed by atoms with E-state index in [0.717, 1.165) is 13.1 Å². The van der Waals surface area contributed by atoms with Gasteiger partial charge in [-0.1, -0.05) is 5.16 Å². The minimum atomic E-state index is -0.808. The van der Waals surface area contributed by atoms with E-state index in [1.807, 2.05) is 11.8 Å². The van der Waals surface area contributed by atoms with Crippen molar-refractivity contribution in [1.29, 1.82) is 0 Å². The van der Waals surface area contributed by atoms with Gasteiger partial charge in [-0.25, -0.2) is 0 Å². The number of nitrogens with zero attached hydrogens (tertiary/aromatic N) is 4. The van der Waals surface area contributed by atoms with Crippen LogP contribution in [-0.4, -0.2) is 57.6 Å². The highest BCUT2D eigenvalue weighted by Gasteiger charge is 2.32. The van der Waals surface area contributed by atoms with Crippen molar-refractivity contribution < 1.29 is 9.32 Å². The molecule has 2 heterocycles. The molecule has 1 unspecified atom stereocenters. The summed E-state index contributed by atoms with van der Waals surface area (Å²) < 4.78 is 5.20. The number of aromatic nitrogens is 2. The van der Waals surface area contributed by atoms with Crippen molar-refractivity contribution in [2.75, 3.05) is 26.2 Å². The number of carbonyl (C=O) groups excluding carboxylic acids is 1. The van der Waals surface area contributed by atoms with Crippen LogP contribution in [0.2, 0.25) is 0 Å².